The Morgan fingerprint density at radius 2 is 1.91 bits per heavy atom. The maximum Gasteiger partial charge on any atom is 0.0914 e. The van der Waals surface area contributed by atoms with Crippen LogP contribution in [0.1, 0.15) is 51.3 Å². The van der Waals surface area contributed by atoms with Gasteiger partial charge in [0.1, 0.15) is 0 Å². The first-order chi connectivity index (χ1) is 10.9. The van der Waals surface area contributed by atoms with Crippen LogP contribution in [0.4, 0.5) is 0 Å². The van der Waals surface area contributed by atoms with Crippen LogP contribution >= 0.6 is 0 Å². The van der Waals surface area contributed by atoms with Crippen LogP contribution in [0.5, 0.6) is 0 Å². The highest BCUT2D eigenvalue weighted by Crippen LogP contribution is 2.23. The fourth-order valence-corrected chi connectivity index (χ4v) is 2.50. The van der Waals surface area contributed by atoms with Gasteiger partial charge in [0.2, 0.25) is 0 Å². The Morgan fingerprint density at radius 3 is 2.48 bits per heavy atom. The molecule has 0 aliphatic heterocycles. The van der Waals surface area contributed by atoms with Crippen molar-refractivity contribution in [1.82, 2.24) is 15.1 Å². The number of rotatable bonds is 7. The fourth-order valence-electron chi connectivity index (χ4n) is 2.50. The van der Waals surface area contributed by atoms with Crippen LogP contribution in [0.15, 0.2) is 42.7 Å². The van der Waals surface area contributed by atoms with E-state index in [4.69, 9.17) is 0 Å². The minimum absolute atomic E-state index is 0.142. The average Bonchev–Trinajstić information content (AvgIpc) is 3.03. The standard InChI is InChI=1S/C19H29N3O/c1-15(10-13-22-12-5-11-21-22)20-14-18(23)16-6-8-17(9-7-16)19(2,3)4/h5-9,11-12,15,18,20,23H,10,13-14H2,1-4H3. The highest BCUT2D eigenvalue weighted by molar-refractivity contribution is 5.28. The van der Waals surface area contributed by atoms with Crippen molar-refractivity contribution in [3.05, 3.63) is 53.9 Å². The summed E-state index contributed by atoms with van der Waals surface area (Å²) < 4.78 is 1.93. The minimum Gasteiger partial charge on any atom is -0.387 e. The van der Waals surface area contributed by atoms with Gasteiger partial charge in [-0.3, -0.25) is 4.68 Å². The van der Waals surface area contributed by atoms with Crippen molar-refractivity contribution < 1.29 is 5.11 Å². The maximum atomic E-state index is 10.3. The topological polar surface area (TPSA) is 50.1 Å². The van der Waals surface area contributed by atoms with E-state index in [1.54, 1.807) is 6.20 Å². The van der Waals surface area contributed by atoms with Crippen molar-refractivity contribution in [3.63, 3.8) is 0 Å². The van der Waals surface area contributed by atoms with Gasteiger partial charge >= 0.3 is 0 Å². The predicted molar refractivity (Wildman–Crippen MR) is 94.4 cm³/mol. The number of hydrogen-bond acceptors (Lipinski definition) is 3. The summed E-state index contributed by atoms with van der Waals surface area (Å²) in [6.07, 6.45) is 4.27. The zero-order valence-electron chi connectivity index (χ0n) is 14.7. The molecule has 0 spiro atoms. The Hall–Kier alpha value is -1.65. The predicted octanol–water partition coefficient (Wildman–Crippen LogP) is 3.28. The lowest BCUT2D eigenvalue weighted by molar-refractivity contribution is 0.169. The van der Waals surface area contributed by atoms with Gasteiger partial charge in [-0.05, 0) is 36.0 Å². The van der Waals surface area contributed by atoms with Crippen LogP contribution in [-0.2, 0) is 12.0 Å². The second kappa shape index (κ2) is 7.75. The van der Waals surface area contributed by atoms with Crippen LogP contribution in [-0.4, -0.2) is 27.5 Å². The van der Waals surface area contributed by atoms with Gasteiger partial charge in [-0.2, -0.15) is 5.10 Å². The molecule has 0 bridgehead atoms. The SMILES string of the molecule is CC(CCn1cccn1)NCC(O)c1ccc(C(C)(C)C)cc1. The molecule has 0 radical (unpaired) electrons. The van der Waals surface area contributed by atoms with Crippen molar-refractivity contribution in [1.29, 1.82) is 0 Å². The van der Waals surface area contributed by atoms with Crippen LogP contribution in [0.2, 0.25) is 0 Å². The molecule has 0 amide bonds. The van der Waals surface area contributed by atoms with Crippen LogP contribution in [0, 0.1) is 0 Å². The lowest BCUT2D eigenvalue weighted by atomic mass is 9.86. The molecule has 1 heterocycles. The van der Waals surface area contributed by atoms with E-state index < -0.39 is 6.10 Å². The van der Waals surface area contributed by atoms with Crippen molar-refractivity contribution in [2.45, 2.75) is 58.2 Å². The summed E-state index contributed by atoms with van der Waals surface area (Å²) in [7, 11) is 0. The summed E-state index contributed by atoms with van der Waals surface area (Å²) >= 11 is 0. The number of aliphatic hydroxyl groups is 1. The van der Waals surface area contributed by atoms with E-state index in [2.05, 4.69) is 50.2 Å². The van der Waals surface area contributed by atoms with E-state index in [1.165, 1.54) is 5.56 Å². The van der Waals surface area contributed by atoms with E-state index >= 15 is 0 Å². The van der Waals surface area contributed by atoms with Crippen molar-refractivity contribution in [3.8, 4) is 0 Å². The fraction of sp³-hybridized carbons (Fsp3) is 0.526. The number of nitrogens with one attached hydrogen (secondary N) is 1. The first-order valence-electron chi connectivity index (χ1n) is 8.35. The molecule has 2 rings (SSSR count). The lowest BCUT2D eigenvalue weighted by Gasteiger charge is -2.21. The van der Waals surface area contributed by atoms with E-state index in [0.717, 1.165) is 18.5 Å². The molecule has 1 aromatic heterocycles. The molecule has 0 aliphatic rings. The van der Waals surface area contributed by atoms with Crippen LogP contribution < -0.4 is 5.32 Å². The Kier molecular flexibility index (Phi) is 5.97. The molecule has 4 heteroatoms. The molecule has 0 fully saturated rings. The molecule has 1 aromatic carbocycles. The second-order valence-electron chi connectivity index (χ2n) is 7.25. The van der Waals surface area contributed by atoms with Gasteiger partial charge in [0.15, 0.2) is 0 Å². The van der Waals surface area contributed by atoms with Gasteiger partial charge in [0.25, 0.3) is 0 Å². The quantitative estimate of drug-likeness (QED) is 0.824. The number of benzene rings is 1. The molecule has 0 saturated heterocycles. The molecule has 126 valence electrons. The zero-order chi connectivity index (χ0) is 16.9. The summed E-state index contributed by atoms with van der Waals surface area (Å²) in [6.45, 7) is 10.2. The van der Waals surface area contributed by atoms with Crippen molar-refractivity contribution in [2.75, 3.05) is 6.54 Å². The Morgan fingerprint density at radius 1 is 1.22 bits per heavy atom. The minimum atomic E-state index is -0.476. The molecule has 2 atom stereocenters. The highest BCUT2D eigenvalue weighted by atomic mass is 16.3. The second-order valence-corrected chi connectivity index (χ2v) is 7.25. The summed E-state index contributed by atoms with van der Waals surface area (Å²) in [6, 6.07) is 10.5. The van der Waals surface area contributed by atoms with E-state index in [9.17, 15) is 5.11 Å². The number of hydrogen-bond donors (Lipinski definition) is 2. The first kappa shape index (κ1) is 17.7. The summed E-state index contributed by atoms with van der Waals surface area (Å²) in [5.41, 5.74) is 2.39. The Labute approximate surface area is 139 Å². The Balaban J connectivity index is 1.78. The lowest BCUT2D eigenvalue weighted by Crippen LogP contribution is -2.31. The number of aliphatic hydroxyl groups excluding tert-OH is 1. The van der Waals surface area contributed by atoms with Crippen molar-refractivity contribution in [2.24, 2.45) is 0 Å². The smallest absolute Gasteiger partial charge is 0.0914 e. The van der Waals surface area contributed by atoms with Gasteiger partial charge in [-0.1, -0.05) is 45.0 Å². The van der Waals surface area contributed by atoms with E-state index in [0.29, 0.717) is 12.6 Å². The highest BCUT2D eigenvalue weighted by Gasteiger charge is 2.15. The van der Waals surface area contributed by atoms with Gasteiger partial charge in [0, 0.05) is 31.5 Å². The molecule has 2 aromatic rings. The number of aryl methyl sites for hydroxylation is 1. The molecular weight excluding hydrogens is 286 g/mol. The molecular formula is C19H29N3O. The molecule has 23 heavy (non-hydrogen) atoms. The third-order valence-electron chi connectivity index (χ3n) is 4.17. The third-order valence-corrected chi connectivity index (χ3v) is 4.17. The largest absolute Gasteiger partial charge is 0.387 e. The van der Waals surface area contributed by atoms with Gasteiger partial charge < -0.3 is 10.4 Å². The molecule has 0 aliphatic carbocycles. The van der Waals surface area contributed by atoms with E-state index in [-0.39, 0.29) is 5.41 Å². The summed E-state index contributed by atoms with van der Waals surface area (Å²) in [4.78, 5) is 0. The van der Waals surface area contributed by atoms with Gasteiger partial charge in [-0.15, -0.1) is 0 Å². The summed E-state index contributed by atoms with van der Waals surface area (Å²) in [5, 5.41) is 17.9. The van der Waals surface area contributed by atoms with E-state index in [1.807, 2.05) is 29.1 Å². The third kappa shape index (κ3) is 5.48. The normalized spacial score (nSPS) is 14.7. The van der Waals surface area contributed by atoms with Gasteiger partial charge in [0.05, 0.1) is 6.10 Å². The average molecular weight is 315 g/mol. The Bertz CT molecular complexity index is 570. The maximum absolute atomic E-state index is 10.3. The molecule has 4 nitrogen and oxygen atoms in total. The summed E-state index contributed by atoms with van der Waals surface area (Å²) in [5.74, 6) is 0. The van der Waals surface area contributed by atoms with Gasteiger partial charge in [-0.25, -0.2) is 0 Å². The molecule has 2 N–H and O–H groups in total. The first-order valence-corrected chi connectivity index (χ1v) is 8.35. The van der Waals surface area contributed by atoms with Crippen LogP contribution in [0.3, 0.4) is 0 Å². The molecule has 0 saturated carbocycles. The van der Waals surface area contributed by atoms with Crippen LogP contribution in [0.25, 0.3) is 0 Å². The van der Waals surface area contributed by atoms with Crippen molar-refractivity contribution >= 4 is 0 Å². The number of aromatic nitrogens is 2. The monoisotopic (exact) mass is 315 g/mol. The zero-order valence-corrected chi connectivity index (χ0v) is 14.7. The molecule has 2 unspecified atom stereocenters. The number of nitrogens with zero attached hydrogens (tertiary/aromatic N) is 2.